The number of benzene rings is 1. The SMILES string of the molecule is CCNC(=O)C(C)NC(=O)c1ccc(F)c([N+](=O)[O-])c1. The summed E-state index contributed by atoms with van der Waals surface area (Å²) in [4.78, 5) is 32.9. The molecule has 1 unspecified atom stereocenters. The highest BCUT2D eigenvalue weighted by molar-refractivity contribution is 5.97. The van der Waals surface area contributed by atoms with Crippen LogP contribution in [0.5, 0.6) is 0 Å². The molecule has 0 aliphatic rings. The minimum Gasteiger partial charge on any atom is -0.355 e. The van der Waals surface area contributed by atoms with Gasteiger partial charge in [0, 0.05) is 18.2 Å². The van der Waals surface area contributed by atoms with Crippen LogP contribution < -0.4 is 10.6 Å². The van der Waals surface area contributed by atoms with Gasteiger partial charge in [-0.25, -0.2) is 0 Å². The number of nitro groups is 1. The molecule has 20 heavy (non-hydrogen) atoms. The van der Waals surface area contributed by atoms with Crippen molar-refractivity contribution in [2.24, 2.45) is 0 Å². The predicted octanol–water partition coefficient (Wildman–Crippen LogP) is 0.988. The third kappa shape index (κ3) is 3.74. The van der Waals surface area contributed by atoms with Crippen LogP contribution in [0, 0.1) is 15.9 Å². The number of likely N-dealkylation sites (N-methyl/N-ethyl adjacent to an activating group) is 1. The van der Waals surface area contributed by atoms with Gasteiger partial charge in [0.1, 0.15) is 6.04 Å². The van der Waals surface area contributed by atoms with Crippen LogP contribution in [-0.4, -0.2) is 29.3 Å². The van der Waals surface area contributed by atoms with Crippen LogP contribution in [0.25, 0.3) is 0 Å². The second kappa shape index (κ2) is 6.60. The van der Waals surface area contributed by atoms with E-state index in [1.807, 2.05) is 0 Å². The van der Waals surface area contributed by atoms with Crippen molar-refractivity contribution in [3.8, 4) is 0 Å². The second-order valence-electron chi connectivity index (χ2n) is 4.01. The van der Waals surface area contributed by atoms with Gasteiger partial charge in [-0.05, 0) is 26.0 Å². The van der Waals surface area contributed by atoms with Gasteiger partial charge in [0.2, 0.25) is 11.7 Å². The number of halogens is 1. The molecule has 1 aromatic rings. The molecule has 0 saturated carbocycles. The average molecular weight is 283 g/mol. The Labute approximate surface area is 114 Å². The molecule has 0 bridgehead atoms. The predicted molar refractivity (Wildman–Crippen MR) is 68.7 cm³/mol. The van der Waals surface area contributed by atoms with Crippen molar-refractivity contribution in [3.63, 3.8) is 0 Å². The molecule has 8 heteroatoms. The van der Waals surface area contributed by atoms with Gasteiger partial charge in [0.25, 0.3) is 5.91 Å². The number of carbonyl (C=O) groups is 2. The van der Waals surface area contributed by atoms with Crippen LogP contribution >= 0.6 is 0 Å². The van der Waals surface area contributed by atoms with Crippen molar-refractivity contribution in [2.45, 2.75) is 19.9 Å². The summed E-state index contributed by atoms with van der Waals surface area (Å²) in [7, 11) is 0. The molecule has 0 heterocycles. The zero-order valence-electron chi connectivity index (χ0n) is 11.0. The molecule has 108 valence electrons. The van der Waals surface area contributed by atoms with E-state index in [-0.39, 0.29) is 11.5 Å². The molecule has 0 saturated heterocycles. The average Bonchev–Trinajstić information content (AvgIpc) is 2.38. The van der Waals surface area contributed by atoms with Crippen molar-refractivity contribution in [2.75, 3.05) is 6.54 Å². The first-order valence-electron chi connectivity index (χ1n) is 5.89. The van der Waals surface area contributed by atoms with Gasteiger partial charge in [-0.15, -0.1) is 0 Å². The number of hydrogen-bond acceptors (Lipinski definition) is 4. The zero-order valence-corrected chi connectivity index (χ0v) is 11.0. The van der Waals surface area contributed by atoms with E-state index in [0.29, 0.717) is 6.54 Å². The number of nitro benzene ring substituents is 1. The standard InChI is InChI=1S/C12H14FN3O4/c1-3-14-11(17)7(2)15-12(18)8-4-5-9(13)10(6-8)16(19)20/h4-7H,3H2,1-2H3,(H,14,17)(H,15,18). The van der Waals surface area contributed by atoms with E-state index in [9.17, 15) is 24.1 Å². The normalized spacial score (nSPS) is 11.6. The first-order chi connectivity index (χ1) is 9.36. The van der Waals surface area contributed by atoms with E-state index >= 15 is 0 Å². The largest absolute Gasteiger partial charge is 0.355 e. The molecule has 0 spiro atoms. The summed E-state index contributed by atoms with van der Waals surface area (Å²) in [6.45, 7) is 3.62. The number of hydrogen-bond donors (Lipinski definition) is 2. The quantitative estimate of drug-likeness (QED) is 0.621. The Morgan fingerprint density at radius 3 is 2.65 bits per heavy atom. The zero-order chi connectivity index (χ0) is 15.3. The molecule has 1 atom stereocenters. The van der Waals surface area contributed by atoms with E-state index in [4.69, 9.17) is 0 Å². The van der Waals surface area contributed by atoms with Crippen LogP contribution in [0.1, 0.15) is 24.2 Å². The summed E-state index contributed by atoms with van der Waals surface area (Å²) in [5.74, 6) is -2.09. The van der Waals surface area contributed by atoms with Gasteiger partial charge < -0.3 is 10.6 Å². The van der Waals surface area contributed by atoms with Crippen LogP contribution in [0.4, 0.5) is 10.1 Å². The van der Waals surface area contributed by atoms with Crippen LogP contribution in [0.3, 0.4) is 0 Å². The third-order valence-electron chi connectivity index (χ3n) is 2.50. The molecule has 1 aromatic carbocycles. The second-order valence-corrected chi connectivity index (χ2v) is 4.01. The Hall–Kier alpha value is -2.51. The summed E-state index contributed by atoms with van der Waals surface area (Å²) in [5, 5.41) is 15.5. The summed E-state index contributed by atoms with van der Waals surface area (Å²) in [6.07, 6.45) is 0. The Bertz CT molecular complexity index is 548. The molecule has 2 amide bonds. The van der Waals surface area contributed by atoms with E-state index in [1.165, 1.54) is 6.92 Å². The molecule has 2 N–H and O–H groups in total. The van der Waals surface area contributed by atoms with Crippen LogP contribution in [0.2, 0.25) is 0 Å². The first kappa shape index (κ1) is 15.5. The highest BCUT2D eigenvalue weighted by Crippen LogP contribution is 2.18. The highest BCUT2D eigenvalue weighted by atomic mass is 19.1. The fourth-order valence-corrected chi connectivity index (χ4v) is 1.47. The summed E-state index contributed by atoms with van der Waals surface area (Å²) >= 11 is 0. The summed E-state index contributed by atoms with van der Waals surface area (Å²) in [6, 6.07) is 1.98. The fraction of sp³-hybridized carbons (Fsp3) is 0.333. The number of nitrogens with zero attached hydrogens (tertiary/aromatic N) is 1. The first-order valence-corrected chi connectivity index (χ1v) is 5.89. The maximum Gasteiger partial charge on any atom is 0.305 e. The molecule has 0 aliphatic heterocycles. The molecule has 0 aromatic heterocycles. The summed E-state index contributed by atoms with van der Waals surface area (Å²) in [5.41, 5.74) is -0.877. The molecule has 7 nitrogen and oxygen atoms in total. The van der Waals surface area contributed by atoms with Gasteiger partial charge in [0.05, 0.1) is 4.92 Å². The van der Waals surface area contributed by atoms with Gasteiger partial charge in [0.15, 0.2) is 0 Å². The smallest absolute Gasteiger partial charge is 0.305 e. The monoisotopic (exact) mass is 283 g/mol. The Morgan fingerprint density at radius 1 is 1.45 bits per heavy atom. The van der Waals surface area contributed by atoms with Crippen molar-refractivity contribution in [3.05, 3.63) is 39.7 Å². The van der Waals surface area contributed by atoms with Gasteiger partial charge in [-0.3, -0.25) is 19.7 Å². The van der Waals surface area contributed by atoms with E-state index < -0.39 is 28.4 Å². The highest BCUT2D eigenvalue weighted by Gasteiger charge is 2.20. The van der Waals surface area contributed by atoms with Crippen LogP contribution in [0.15, 0.2) is 18.2 Å². The lowest BCUT2D eigenvalue weighted by Gasteiger charge is -2.13. The fourth-order valence-electron chi connectivity index (χ4n) is 1.47. The minimum absolute atomic E-state index is 0.0887. The number of amides is 2. The molecular weight excluding hydrogens is 269 g/mol. The molecular formula is C12H14FN3O4. The maximum atomic E-state index is 13.1. The molecule has 0 fully saturated rings. The van der Waals surface area contributed by atoms with Crippen LogP contribution in [-0.2, 0) is 4.79 Å². The minimum atomic E-state index is -1.02. The lowest BCUT2D eigenvalue weighted by molar-refractivity contribution is -0.387. The van der Waals surface area contributed by atoms with E-state index in [1.54, 1.807) is 6.92 Å². The van der Waals surface area contributed by atoms with Gasteiger partial charge >= 0.3 is 5.69 Å². The topological polar surface area (TPSA) is 101 Å². The molecule has 0 radical (unpaired) electrons. The number of nitrogens with one attached hydrogen (secondary N) is 2. The van der Waals surface area contributed by atoms with Gasteiger partial charge in [-0.1, -0.05) is 0 Å². The molecule has 0 aliphatic carbocycles. The van der Waals surface area contributed by atoms with E-state index in [0.717, 1.165) is 18.2 Å². The maximum absolute atomic E-state index is 13.1. The van der Waals surface area contributed by atoms with E-state index in [2.05, 4.69) is 10.6 Å². The number of rotatable bonds is 5. The lowest BCUT2D eigenvalue weighted by Crippen LogP contribution is -2.44. The lowest BCUT2D eigenvalue weighted by atomic mass is 10.1. The van der Waals surface area contributed by atoms with Crippen molar-refractivity contribution < 1.29 is 18.9 Å². The number of carbonyl (C=O) groups excluding carboxylic acids is 2. The summed E-state index contributed by atoms with van der Waals surface area (Å²) < 4.78 is 13.1. The van der Waals surface area contributed by atoms with Gasteiger partial charge in [-0.2, -0.15) is 4.39 Å². The van der Waals surface area contributed by atoms with Crippen molar-refractivity contribution in [1.29, 1.82) is 0 Å². The van der Waals surface area contributed by atoms with Crippen molar-refractivity contribution >= 4 is 17.5 Å². The molecule has 1 rings (SSSR count). The van der Waals surface area contributed by atoms with Crippen molar-refractivity contribution in [1.82, 2.24) is 10.6 Å². The Morgan fingerprint density at radius 2 is 2.10 bits per heavy atom. The third-order valence-corrected chi connectivity index (χ3v) is 2.50. The Kier molecular flexibility index (Phi) is 5.13. The Balaban J connectivity index is 2.85.